The Morgan fingerprint density at radius 3 is 2.27 bits per heavy atom. The molecule has 0 radical (unpaired) electrons. The Kier molecular flexibility index (Phi) is 4.61. The van der Waals surface area contributed by atoms with Gasteiger partial charge in [0, 0.05) is 24.0 Å². The number of hydrogen-bond donors (Lipinski definition) is 2. The highest BCUT2D eigenvalue weighted by Crippen LogP contribution is 2.42. The third-order valence-electron chi connectivity index (χ3n) is 5.15. The summed E-state index contributed by atoms with van der Waals surface area (Å²) >= 11 is 0. The van der Waals surface area contributed by atoms with Crippen LogP contribution in [0.3, 0.4) is 0 Å². The lowest BCUT2D eigenvalue weighted by Crippen LogP contribution is -2.38. The van der Waals surface area contributed by atoms with E-state index in [1.807, 2.05) is 0 Å². The van der Waals surface area contributed by atoms with Crippen molar-refractivity contribution in [1.29, 1.82) is 0 Å². The molecule has 2 heteroatoms. The Hall–Kier alpha value is -0.860. The van der Waals surface area contributed by atoms with E-state index in [-0.39, 0.29) is 0 Å². The molecular weight excluding hydrogens is 268 g/mol. The zero-order valence-corrected chi connectivity index (χ0v) is 14.4. The molecule has 22 heavy (non-hydrogen) atoms. The van der Waals surface area contributed by atoms with Crippen molar-refractivity contribution < 1.29 is 0 Å². The summed E-state index contributed by atoms with van der Waals surface area (Å²) in [5, 5.41) is 3.86. The van der Waals surface area contributed by atoms with Crippen molar-refractivity contribution >= 4 is 0 Å². The first-order valence-electron chi connectivity index (χ1n) is 9.01. The van der Waals surface area contributed by atoms with Gasteiger partial charge in [0.05, 0.1) is 0 Å². The van der Waals surface area contributed by atoms with Gasteiger partial charge in [-0.1, -0.05) is 45.0 Å². The summed E-state index contributed by atoms with van der Waals surface area (Å²) in [6, 6.07) is 11.2. The minimum atomic E-state index is 0.368. The van der Waals surface area contributed by atoms with Crippen LogP contribution in [0.25, 0.3) is 0 Å². The van der Waals surface area contributed by atoms with Crippen LogP contribution < -0.4 is 11.1 Å². The molecule has 2 nitrogen and oxygen atoms in total. The van der Waals surface area contributed by atoms with Crippen molar-refractivity contribution in [3.63, 3.8) is 0 Å². The summed E-state index contributed by atoms with van der Waals surface area (Å²) in [5.41, 5.74) is 9.34. The van der Waals surface area contributed by atoms with Gasteiger partial charge in [-0.05, 0) is 55.1 Å². The Labute approximate surface area is 135 Å². The van der Waals surface area contributed by atoms with Gasteiger partial charge in [0.2, 0.25) is 0 Å². The molecule has 2 fully saturated rings. The van der Waals surface area contributed by atoms with Gasteiger partial charge in [-0.25, -0.2) is 0 Å². The van der Waals surface area contributed by atoms with Gasteiger partial charge < -0.3 is 11.1 Å². The van der Waals surface area contributed by atoms with Crippen LogP contribution in [0.5, 0.6) is 0 Å². The van der Waals surface area contributed by atoms with E-state index in [4.69, 9.17) is 5.73 Å². The summed E-state index contributed by atoms with van der Waals surface area (Å²) in [6.07, 6.45) is 7.36. The van der Waals surface area contributed by atoms with E-state index in [9.17, 15) is 0 Å². The number of rotatable bonds is 4. The standard InChI is InChI=1S/C20H32N2/c1-20(2,3)13-14-4-6-15(7-5-14)18-12-19(18)22-17-10-8-16(21)9-11-17/h4-7,16-19,22H,8-13,21H2,1-3H3/t16?,17?,18-,19+/m0/s1. The molecule has 0 amide bonds. The van der Waals surface area contributed by atoms with Crippen LogP contribution in [0.1, 0.15) is 69.9 Å². The molecule has 122 valence electrons. The van der Waals surface area contributed by atoms with Gasteiger partial charge in [-0.2, -0.15) is 0 Å². The molecule has 2 saturated carbocycles. The number of nitrogens with one attached hydrogen (secondary N) is 1. The lowest BCUT2D eigenvalue weighted by molar-refractivity contribution is 0.339. The maximum atomic E-state index is 5.99. The van der Waals surface area contributed by atoms with Gasteiger partial charge in [-0.3, -0.25) is 0 Å². The Morgan fingerprint density at radius 1 is 1.05 bits per heavy atom. The summed E-state index contributed by atoms with van der Waals surface area (Å²) in [7, 11) is 0. The van der Waals surface area contributed by atoms with Gasteiger partial charge in [0.1, 0.15) is 0 Å². The smallest absolute Gasteiger partial charge is 0.0145 e. The fraction of sp³-hybridized carbons (Fsp3) is 0.700. The van der Waals surface area contributed by atoms with E-state index in [2.05, 4.69) is 50.4 Å². The van der Waals surface area contributed by atoms with Gasteiger partial charge >= 0.3 is 0 Å². The fourth-order valence-corrected chi connectivity index (χ4v) is 3.83. The molecule has 0 heterocycles. The molecule has 3 N–H and O–H groups in total. The SMILES string of the molecule is CC(C)(C)Cc1ccc([C@@H]2C[C@H]2NC2CCC(N)CC2)cc1. The summed E-state index contributed by atoms with van der Waals surface area (Å²) < 4.78 is 0. The van der Waals surface area contributed by atoms with Crippen LogP contribution in [-0.2, 0) is 6.42 Å². The van der Waals surface area contributed by atoms with Crippen molar-refractivity contribution in [2.75, 3.05) is 0 Å². The van der Waals surface area contributed by atoms with E-state index in [0.717, 1.165) is 12.3 Å². The van der Waals surface area contributed by atoms with Gasteiger partial charge in [0.25, 0.3) is 0 Å². The zero-order chi connectivity index (χ0) is 15.7. The molecule has 2 aliphatic carbocycles. The topological polar surface area (TPSA) is 38.0 Å². The lowest BCUT2D eigenvalue weighted by atomic mass is 9.88. The van der Waals surface area contributed by atoms with Crippen LogP contribution in [-0.4, -0.2) is 18.1 Å². The monoisotopic (exact) mass is 300 g/mol. The molecule has 0 aliphatic heterocycles. The Bertz CT molecular complexity index is 477. The molecule has 1 aromatic rings. The Balaban J connectivity index is 1.49. The normalized spacial score (nSPS) is 32.0. The fourth-order valence-electron chi connectivity index (χ4n) is 3.83. The molecular formula is C20H32N2. The summed E-state index contributed by atoms with van der Waals surface area (Å²) in [4.78, 5) is 0. The molecule has 3 rings (SSSR count). The van der Waals surface area contributed by atoms with E-state index < -0.39 is 0 Å². The van der Waals surface area contributed by atoms with Crippen LogP contribution in [0, 0.1) is 5.41 Å². The van der Waals surface area contributed by atoms with Crippen molar-refractivity contribution in [1.82, 2.24) is 5.32 Å². The van der Waals surface area contributed by atoms with Crippen molar-refractivity contribution in [3.05, 3.63) is 35.4 Å². The van der Waals surface area contributed by atoms with E-state index in [0.29, 0.717) is 23.5 Å². The molecule has 0 aromatic heterocycles. The largest absolute Gasteiger partial charge is 0.328 e. The predicted octanol–water partition coefficient (Wildman–Crippen LogP) is 3.99. The second kappa shape index (κ2) is 6.33. The molecule has 0 bridgehead atoms. The highest BCUT2D eigenvalue weighted by atomic mass is 15.0. The average Bonchev–Trinajstić information content (AvgIpc) is 3.20. The number of nitrogens with two attached hydrogens (primary N) is 1. The summed E-state index contributed by atoms with van der Waals surface area (Å²) in [5.74, 6) is 0.735. The lowest BCUT2D eigenvalue weighted by Gasteiger charge is -2.27. The highest BCUT2D eigenvalue weighted by Gasteiger charge is 2.39. The zero-order valence-electron chi connectivity index (χ0n) is 14.4. The van der Waals surface area contributed by atoms with Crippen LogP contribution >= 0.6 is 0 Å². The van der Waals surface area contributed by atoms with E-state index >= 15 is 0 Å². The maximum Gasteiger partial charge on any atom is 0.0145 e. The third kappa shape index (κ3) is 4.33. The first-order valence-corrected chi connectivity index (χ1v) is 9.01. The minimum absolute atomic E-state index is 0.368. The maximum absolute atomic E-state index is 5.99. The predicted molar refractivity (Wildman–Crippen MR) is 94.1 cm³/mol. The molecule has 2 aliphatic rings. The van der Waals surface area contributed by atoms with Gasteiger partial charge in [0.15, 0.2) is 0 Å². The summed E-state index contributed by atoms with van der Waals surface area (Å²) in [6.45, 7) is 6.91. The number of hydrogen-bond acceptors (Lipinski definition) is 2. The second-order valence-corrected chi connectivity index (χ2v) is 8.71. The van der Waals surface area contributed by atoms with Crippen molar-refractivity contribution in [2.45, 2.75) is 83.3 Å². The second-order valence-electron chi connectivity index (χ2n) is 8.71. The minimum Gasteiger partial charge on any atom is -0.328 e. The van der Waals surface area contributed by atoms with Crippen LogP contribution in [0.2, 0.25) is 0 Å². The van der Waals surface area contributed by atoms with Crippen LogP contribution in [0.4, 0.5) is 0 Å². The molecule has 2 atom stereocenters. The van der Waals surface area contributed by atoms with Crippen LogP contribution in [0.15, 0.2) is 24.3 Å². The van der Waals surface area contributed by atoms with Gasteiger partial charge in [-0.15, -0.1) is 0 Å². The molecule has 0 spiro atoms. The van der Waals surface area contributed by atoms with Crippen molar-refractivity contribution in [2.24, 2.45) is 11.1 Å². The highest BCUT2D eigenvalue weighted by molar-refractivity contribution is 5.31. The quantitative estimate of drug-likeness (QED) is 0.882. The third-order valence-corrected chi connectivity index (χ3v) is 5.15. The molecule has 0 saturated heterocycles. The van der Waals surface area contributed by atoms with E-state index in [1.54, 1.807) is 0 Å². The average molecular weight is 300 g/mol. The molecule has 1 aromatic carbocycles. The van der Waals surface area contributed by atoms with E-state index in [1.165, 1.54) is 43.2 Å². The van der Waals surface area contributed by atoms with Crippen molar-refractivity contribution in [3.8, 4) is 0 Å². The number of benzene rings is 1. The first-order chi connectivity index (χ1) is 10.4. The first kappa shape index (κ1) is 16.0. The molecule has 0 unspecified atom stereocenters. The Morgan fingerprint density at radius 2 is 1.68 bits per heavy atom.